The van der Waals surface area contributed by atoms with Crippen LogP contribution in [-0.2, 0) is 22.4 Å². The summed E-state index contributed by atoms with van der Waals surface area (Å²) in [7, 11) is 0. The van der Waals surface area contributed by atoms with Crippen LogP contribution in [0.1, 0.15) is 143 Å². The van der Waals surface area contributed by atoms with E-state index in [4.69, 9.17) is 9.47 Å². The number of hydrogen-bond acceptors (Lipinski definition) is 4. The van der Waals surface area contributed by atoms with Gasteiger partial charge in [0.1, 0.15) is 0 Å². The molecule has 0 spiro atoms. The summed E-state index contributed by atoms with van der Waals surface area (Å²) in [5.74, 6) is 0.733. The predicted molar refractivity (Wildman–Crippen MR) is 149 cm³/mol. The van der Waals surface area contributed by atoms with Gasteiger partial charge in [0.25, 0.3) is 0 Å². The van der Waals surface area contributed by atoms with E-state index in [9.17, 15) is 0 Å². The maximum absolute atomic E-state index is 6.17. The molecule has 2 unspecified atom stereocenters. The lowest BCUT2D eigenvalue weighted by Gasteiger charge is -2.18. The molecule has 0 amide bonds. The van der Waals surface area contributed by atoms with Crippen molar-refractivity contribution in [1.29, 1.82) is 0 Å². The fourth-order valence-corrected chi connectivity index (χ4v) is 4.76. The van der Waals surface area contributed by atoms with Crippen molar-refractivity contribution in [2.24, 2.45) is 5.92 Å². The van der Waals surface area contributed by atoms with E-state index >= 15 is 0 Å². The molecule has 0 aliphatic rings. The summed E-state index contributed by atoms with van der Waals surface area (Å²) >= 11 is 0. The molecule has 0 saturated heterocycles. The van der Waals surface area contributed by atoms with Crippen LogP contribution >= 0.6 is 0 Å². The Morgan fingerprint density at radius 2 is 1.31 bits per heavy atom. The molecule has 0 saturated carbocycles. The standard InChI is InChI=1S/C30H59N3O2/c1-5-9-13-14-16-22-30(21-12-8-4)35-25-24-34-23-17-20-29-27-33(32-31-29)26-28(18-11-7-3)19-15-10-6-2/h27-28,30H,5-26H2,1-4H3. The Bertz CT molecular complexity index is 564. The molecule has 0 N–H and O–H groups in total. The van der Waals surface area contributed by atoms with Crippen LogP contribution in [0.5, 0.6) is 0 Å². The van der Waals surface area contributed by atoms with Crippen LogP contribution in [0.3, 0.4) is 0 Å². The van der Waals surface area contributed by atoms with Crippen LogP contribution < -0.4 is 0 Å². The minimum absolute atomic E-state index is 0.415. The Morgan fingerprint density at radius 1 is 0.686 bits per heavy atom. The van der Waals surface area contributed by atoms with E-state index in [1.807, 2.05) is 0 Å². The highest BCUT2D eigenvalue weighted by Gasteiger charge is 2.11. The zero-order chi connectivity index (χ0) is 25.4. The number of aryl methyl sites for hydroxylation is 1. The van der Waals surface area contributed by atoms with Gasteiger partial charge in [0, 0.05) is 19.3 Å². The maximum Gasteiger partial charge on any atom is 0.0828 e. The minimum atomic E-state index is 0.415. The summed E-state index contributed by atoms with van der Waals surface area (Å²) in [5.41, 5.74) is 1.09. The van der Waals surface area contributed by atoms with Crippen molar-refractivity contribution in [2.45, 2.75) is 156 Å². The van der Waals surface area contributed by atoms with Gasteiger partial charge in [-0.2, -0.15) is 0 Å². The molecular formula is C30H59N3O2. The van der Waals surface area contributed by atoms with Gasteiger partial charge in [-0.1, -0.05) is 110 Å². The molecule has 206 valence electrons. The van der Waals surface area contributed by atoms with E-state index in [0.717, 1.165) is 44.2 Å². The second kappa shape index (κ2) is 23.5. The van der Waals surface area contributed by atoms with E-state index in [2.05, 4.69) is 48.9 Å². The molecule has 1 rings (SSSR count). The zero-order valence-corrected chi connectivity index (χ0v) is 23.9. The van der Waals surface area contributed by atoms with E-state index in [0.29, 0.717) is 12.7 Å². The second-order valence-corrected chi connectivity index (χ2v) is 10.5. The van der Waals surface area contributed by atoms with Crippen LogP contribution in [0.25, 0.3) is 0 Å². The van der Waals surface area contributed by atoms with E-state index in [1.165, 1.54) is 103 Å². The summed E-state index contributed by atoms with van der Waals surface area (Å²) in [6.45, 7) is 12.3. The number of aromatic nitrogens is 3. The fraction of sp³-hybridized carbons (Fsp3) is 0.933. The molecule has 1 aromatic heterocycles. The van der Waals surface area contributed by atoms with E-state index < -0.39 is 0 Å². The third kappa shape index (κ3) is 18.0. The molecule has 0 aromatic carbocycles. The average molecular weight is 494 g/mol. The molecule has 2 atom stereocenters. The highest BCUT2D eigenvalue weighted by molar-refractivity contribution is 4.92. The normalized spacial score (nSPS) is 13.4. The fourth-order valence-electron chi connectivity index (χ4n) is 4.76. The number of ether oxygens (including phenoxy) is 2. The number of hydrogen-bond donors (Lipinski definition) is 0. The Hall–Kier alpha value is -0.940. The molecule has 35 heavy (non-hydrogen) atoms. The van der Waals surface area contributed by atoms with Crippen molar-refractivity contribution in [2.75, 3.05) is 19.8 Å². The molecular weight excluding hydrogens is 434 g/mol. The van der Waals surface area contributed by atoms with Crippen LogP contribution in [0.2, 0.25) is 0 Å². The predicted octanol–water partition coefficient (Wildman–Crippen LogP) is 8.55. The largest absolute Gasteiger partial charge is 0.379 e. The van der Waals surface area contributed by atoms with Crippen LogP contribution in [0.4, 0.5) is 0 Å². The van der Waals surface area contributed by atoms with E-state index in [1.54, 1.807) is 0 Å². The molecule has 0 fully saturated rings. The lowest BCUT2D eigenvalue weighted by Crippen LogP contribution is -2.17. The van der Waals surface area contributed by atoms with Crippen LogP contribution in [0, 0.1) is 5.92 Å². The van der Waals surface area contributed by atoms with Crippen molar-refractivity contribution in [3.63, 3.8) is 0 Å². The molecule has 0 bridgehead atoms. The third-order valence-corrected chi connectivity index (χ3v) is 7.03. The Morgan fingerprint density at radius 3 is 2.09 bits per heavy atom. The topological polar surface area (TPSA) is 49.2 Å². The van der Waals surface area contributed by atoms with Gasteiger partial charge >= 0.3 is 0 Å². The first-order valence-corrected chi connectivity index (χ1v) is 15.3. The van der Waals surface area contributed by atoms with Crippen molar-refractivity contribution in [1.82, 2.24) is 15.0 Å². The summed E-state index contributed by atoms with van der Waals surface area (Å²) in [5, 5.41) is 8.82. The van der Waals surface area contributed by atoms with Gasteiger partial charge in [-0.3, -0.25) is 4.68 Å². The smallest absolute Gasteiger partial charge is 0.0828 e. The molecule has 5 nitrogen and oxygen atoms in total. The summed E-state index contributed by atoms with van der Waals surface area (Å²) in [6, 6.07) is 0. The maximum atomic E-state index is 6.17. The second-order valence-electron chi connectivity index (χ2n) is 10.5. The highest BCUT2D eigenvalue weighted by Crippen LogP contribution is 2.19. The number of rotatable bonds is 26. The van der Waals surface area contributed by atoms with Gasteiger partial charge in [-0.15, -0.1) is 5.10 Å². The highest BCUT2D eigenvalue weighted by atomic mass is 16.5. The zero-order valence-electron chi connectivity index (χ0n) is 23.9. The van der Waals surface area contributed by atoms with Gasteiger partial charge in [0.2, 0.25) is 0 Å². The van der Waals surface area contributed by atoms with E-state index in [-0.39, 0.29) is 0 Å². The molecule has 0 radical (unpaired) electrons. The minimum Gasteiger partial charge on any atom is -0.379 e. The van der Waals surface area contributed by atoms with Crippen molar-refractivity contribution >= 4 is 0 Å². The Labute approximate surface area is 218 Å². The average Bonchev–Trinajstić information content (AvgIpc) is 3.31. The first-order chi connectivity index (χ1) is 17.2. The number of nitrogens with zero attached hydrogens (tertiary/aromatic N) is 3. The molecule has 0 aliphatic carbocycles. The number of unbranched alkanes of at least 4 members (excludes halogenated alkanes) is 8. The molecule has 0 aliphatic heterocycles. The van der Waals surface area contributed by atoms with Gasteiger partial charge < -0.3 is 9.47 Å². The summed E-state index contributed by atoms with van der Waals surface area (Å²) in [4.78, 5) is 0. The lowest BCUT2D eigenvalue weighted by atomic mass is 9.95. The Kier molecular flexibility index (Phi) is 21.5. The van der Waals surface area contributed by atoms with Crippen molar-refractivity contribution in [3.8, 4) is 0 Å². The summed E-state index contributed by atoms with van der Waals surface area (Å²) in [6.07, 6.45) is 25.3. The first kappa shape index (κ1) is 32.1. The summed E-state index contributed by atoms with van der Waals surface area (Å²) < 4.78 is 14.1. The lowest BCUT2D eigenvalue weighted by molar-refractivity contribution is -0.00424. The molecule has 1 aromatic rings. The Balaban J connectivity index is 2.19. The van der Waals surface area contributed by atoms with Gasteiger partial charge in [0.05, 0.1) is 25.0 Å². The van der Waals surface area contributed by atoms with Crippen molar-refractivity contribution in [3.05, 3.63) is 11.9 Å². The molecule has 1 heterocycles. The quantitative estimate of drug-likeness (QED) is 0.121. The van der Waals surface area contributed by atoms with Crippen LogP contribution in [0.15, 0.2) is 6.20 Å². The monoisotopic (exact) mass is 493 g/mol. The first-order valence-electron chi connectivity index (χ1n) is 15.3. The van der Waals surface area contributed by atoms with Gasteiger partial charge in [-0.25, -0.2) is 0 Å². The third-order valence-electron chi connectivity index (χ3n) is 7.03. The van der Waals surface area contributed by atoms with Crippen molar-refractivity contribution < 1.29 is 9.47 Å². The van der Waals surface area contributed by atoms with Gasteiger partial charge in [-0.05, 0) is 44.4 Å². The molecule has 5 heteroatoms. The van der Waals surface area contributed by atoms with Gasteiger partial charge in [0.15, 0.2) is 0 Å². The van der Waals surface area contributed by atoms with Crippen LogP contribution in [-0.4, -0.2) is 40.9 Å². The SMILES string of the molecule is CCCCCCCC(CCCC)OCCOCCCc1cn(CC(CCCC)CCCCC)nn1.